The SMILES string of the molecule is CCCn1c(C2CCCC2)nc2nc(Oc3cccc4[nH]ccc34)[nH]c(=O)c21. The second kappa shape index (κ2) is 6.82. The van der Waals surface area contributed by atoms with Crippen LogP contribution in [0.1, 0.15) is 50.8 Å². The predicted octanol–water partition coefficient (Wildman–Crippen LogP) is 4.46. The lowest BCUT2D eigenvalue weighted by molar-refractivity contribution is 0.447. The Morgan fingerprint density at radius 1 is 1.21 bits per heavy atom. The maximum atomic E-state index is 12.9. The number of benzene rings is 1. The normalized spacial score (nSPS) is 15.0. The van der Waals surface area contributed by atoms with Gasteiger partial charge in [-0.25, -0.2) is 4.98 Å². The summed E-state index contributed by atoms with van der Waals surface area (Å²) in [5, 5.41) is 0.938. The van der Waals surface area contributed by atoms with E-state index in [4.69, 9.17) is 9.72 Å². The third-order valence-corrected chi connectivity index (χ3v) is 5.55. The van der Waals surface area contributed by atoms with Gasteiger partial charge in [0.05, 0.1) is 0 Å². The van der Waals surface area contributed by atoms with Crippen LogP contribution in [-0.4, -0.2) is 24.5 Å². The van der Waals surface area contributed by atoms with Crippen molar-refractivity contribution in [3.8, 4) is 11.8 Å². The molecule has 7 nitrogen and oxygen atoms in total. The molecule has 1 fully saturated rings. The highest BCUT2D eigenvalue weighted by molar-refractivity contribution is 5.86. The average Bonchev–Trinajstić information content (AvgIpc) is 3.42. The first kappa shape index (κ1) is 17.0. The average molecular weight is 377 g/mol. The standard InChI is InChI=1S/C21H23N5O2/c1-2-12-26-17-18(23-19(26)13-6-3-4-7-13)24-21(25-20(17)27)28-16-9-5-8-15-14(16)10-11-22-15/h5,8-11,13,22H,2-4,6-7,12H2,1H3,(H,24,25,27). The molecular formula is C21H23N5O2. The van der Waals surface area contributed by atoms with E-state index >= 15 is 0 Å². The minimum Gasteiger partial charge on any atom is -0.425 e. The fourth-order valence-corrected chi connectivity index (χ4v) is 4.28. The van der Waals surface area contributed by atoms with Gasteiger partial charge in [0, 0.05) is 29.6 Å². The molecule has 0 aliphatic heterocycles. The predicted molar refractivity (Wildman–Crippen MR) is 108 cm³/mol. The number of nitrogens with one attached hydrogen (secondary N) is 2. The van der Waals surface area contributed by atoms with Gasteiger partial charge in [-0.1, -0.05) is 25.8 Å². The largest absolute Gasteiger partial charge is 0.425 e. The van der Waals surface area contributed by atoms with Gasteiger partial charge in [-0.05, 0) is 37.5 Å². The molecule has 1 aliphatic rings. The zero-order valence-electron chi connectivity index (χ0n) is 15.9. The van der Waals surface area contributed by atoms with Crippen molar-refractivity contribution in [1.29, 1.82) is 0 Å². The highest BCUT2D eigenvalue weighted by atomic mass is 16.5. The highest BCUT2D eigenvalue weighted by Crippen LogP contribution is 2.35. The fourth-order valence-electron chi connectivity index (χ4n) is 4.28. The van der Waals surface area contributed by atoms with Gasteiger partial charge in [-0.3, -0.25) is 9.78 Å². The van der Waals surface area contributed by atoms with Crippen LogP contribution in [0.4, 0.5) is 0 Å². The Balaban J connectivity index is 1.60. The molecule has 5 rings (SSSR count). The van der Waals surface area contributed by atoms with Crippen LogP contribution in [0.5, 0.6) is 11.8 Å². The molecule has 0 spiro atoms. The number of hydrogen-bond acceptors (Lipinski definition) is 4. The van der Waals surface area contributed by atoms with Crippen molar-refractivity contribution in [3.05, 3.63) is 46.6 Å². The molecule has 0 saturated heterocycles. The summed E-state index contributed by atoms with van der Waals surface area (Å²) in [5.41, 5.74) is 1.79. The number of hydrogen-bond donors (Lipinski definition) is 2. The van der Waals surface area contributed by atoms with Gasteiger partial charge in [0.1, 0.15) is 11.6 Å². The molecule has 1 aromatic carbocycles. The number of nitrogens with zero attached hydrogens (tertiary/aromatic N) is 3. The fraction of sp³-hybridized carbons (Fsp3) is 0.381. The van der Waals surface area contributed by atoms with Crippen LogP contribution in [0.2, 0.25) is 0 Å². The van der Waals surface area contributed by atoms with E-state index in [1.807, 2.05) is 30.5 Å². The molecule has 7 heteroatoms. The Morgan fingerprint density at radius 3 is 2.89 bits per heavy atom. The minimum absolute atomic E-state index is 0.172. The van der Waals surface area contributed by atoms with Crippen LogP contribution in [-0.2, 0) is 6.54 Å². The van der Waals surface area contributed by atoms with E-state index < -0.39 is 0 Å². The van der Waals surface area contributed by atoms with Gasteiger partial charge in [0.2, 0.25) is 0 Å². The molecule has 1 saturated carbocycles. The summed E-state index contributed by atoms with van der Waals surface area (Å²) in [4.78, 5) is 28.1. The van der Waals surface area contributed by atoms with Crippen LogP contribution in [0.25, 0.3) is 22.1 Å². The molecule has 0 bridgehead atoms. The van der Waals surface area contributed by atoms with Gasteiger partial charge < -0.3 is 14.3 Å². The quantitative estimate of drug-likeness (QED) is 0.537. The number of rotatable bonds is 5. The Bertz CT molecular complexity index is 1200. The van der Waals surface area contributed by atoms with Crippen LogP contribution in [0.3, 0.4) is 0 Å². The summed E-state index contributed by atoms with van der Waals surface area (Å²) < 4.78 is 8.00. The van der Waals surface area contributed by atoms with Crippen molar-refractivity contribution in [1.82, 2.24) is 24.5 Å². The van der Waals surface area contributed by atoms with Crippen molar-refractivity contribution < 1.29 is 4.74 Å². The Morgan fingerprint density at radius 2 is 2.07 bits per heavy atom. The van der Waals surface area contributed by atoms with Crippen molar-refractivity contribution in [2.75, 3.05) is 0 Å². The van der Waals surface area contributed by atoms with E-state index in [1.54, 1.807) is 0 Å². The second-order valence-electron chi connectivity index (χ2n) is 7.44. The lowest BCUT2D eigenvalue weighted by Gasteiger charge is -2.12. The lowest BCUT2D eigenvalue weighted by Crippen LogP contribution is -2.15. The molecule has 0 atom stereocenters. The monoisotopic (exact) mass is 377 g/mol. The molecule has 4 aromatic rings. The van der Waals surface area contributed by atoms with E-state index in [2.05, 4.69) is 26.4 Å². The van der Waals surface area contributed by atoms with E-state index in [-0.39, 0.29) is 11.6 Å². The molecule has 0 amide bonds. The summed E-state index contributed by atoms with van der Waals surface area (Å²) in [5.74, 6) is 2.06. The summed E-state index contributed by atoms with van der Waals surface area (Å²) in [7, 11) is 0. The number of ether oxygens (including phenoxy) is 1. The van der Waals surface area contributed by atoms with Crippen LogP contribution in [0, 0.1) is 0 Å². The lowest BCUT2D eigenvalue weighted by atomic mass is 10.1. The Kier molecular flexibility index (Phi) is 4.15. The van der Waals surface area contributed by atoms with E-state index in [9.17, 15) is 4.79 Å². The summed E-state index contributed by atoms with van der Waals surface area (Å²) in [6.45, 7) is 2.89. The van der Waals surface area contributed by atoms with Crippen molar-refractivity contribution >= 4 is 22.1 Å². The number of aromatic nitrogens is 5. The van der Waals surface area contributed by atoms with Gasteiger partial charge in [0.25, 0.3) is 5.56 Å². The number of aromatic amines is 2. The van der Waals surface area contributed by atoms with Crippen LogP contribution in [0.15, 0.2) is 35.3 Å². The molecule has 1 aliphatic carbocycles. The van der Waals surface area contributed by atoms with Crippen LogP contribution >= 0.6 is 0 Å². The molecule has 2 N–H and O–H groups in total. The summed E-state index contributed by atoms with van der Waals surface area (Å²) >= 11 is 0. The van der Waals surface area contributed by atoms with Gasteiger partial charge in [0.15, 0.2) is 11.2 Å². The van der Waals surface area contributed by atoms with Gasteiger partial charge in [-0.2, -0.15) is 4.98 Å². The zero-order chi connectivity index (χ0) is 19.1. The van der Waals surface area contributed by atoms with E-state index in [0.29, 0.717) is 22.8 Å². The summed E-state index contributed by atoms with van der Waals surface area (Å²) in [6.07, 6.45) is 7.50. The smallest absolute Gasteiger partial charge is 0.304 e. The number of aryl methyl sites for hydroxylation is 1. The molecule has 0 radical (unpaired) electrons. The van der Waals surface area contributed by atoms with Crippen molar-refractivity contribution in [3.63, 3.8) is 0 Å². The first-order chi connectivity index (χ1) is 13.7. The molecule has 144 valence electrons. The van der Waals surface area contributed by atoms with Crippen LogP contribution < -0.4 is 10.3 Å². The number of fused-ring (bicyclic) bond motifs is 2. The number of imidazole rings is 1. The molecule has 28 heavy (non-hydrogen) atoms. The van der Waals surface area contributed by atoms with Gasteiger partial charge >= 0.3 is 6.01 Å². The Labute approximate surface area is 161 Å². The van der Waals surface area contributed by atoms with Gasteiger partial charge in [-0.15, -0.1) is 0 Å². The molecule has 3 aromatic heterocycles. The first-order valence-electron chi connectivity index (χ1n) is 9.99. The highest BCUT2D eigenvalue weighted by Gasteiger charge is 2.25. The molecular weight excluding hydrogens is 354 g/mol. The first-order valence-corrected chi connectivity index (χ1v) is 9.99. The maximum absolute atomic E-state index is 12.9. The maximum Gasteiger partial charge on any atom is 0.304 e. The third-order valence-electron chi connectivity index (χ3n) is 5.55. The third kappa shape index (κ3) is 2.78. The van der Waals surface area contributed by atoms with Crippen molar-refractivity contribution in [2.24, 2.45) is 0 Å². The van der Waals surface area contributed by atoms with E-state index in [0.717, 1.165) is 42.5 Å². The van der Waals surface area contributed by atoms with Crippen molar-refractivity contribution in [2.45, 2.75) is 51.5 Å². The Hall–Kier alpha value is -3.09. The zero-order valence-corrected chi connectivity index (χ0v) is 15.9. The number of H-pyrrole nitrogens is 2. The minimum atomic E-state index is -0.202. The molecule has 0 unspecified atom stereocenters. The van der Waals surface area contributed by atoms with E-state index in [1.165, 1.54) is 12.8 Å². The summed E-state index contributed by atoms with van der Waals surface area (Å²) in [6, 6.07) is 7.85. The molecule has 3 heterocycles. The second-order valence-corrected chi connectivity index (χ2v) is 7.44. The topological polar surface area (TPSA) is 88.6 Å².